The molecule has 10 aromatic rings. The van der Waals surface area contributed by atoms with E-state index in [0.717, 1.165) is 21.3 Å². The predicted molar refractivity (Wildman–Crippen MR) is 229 cm³/mol. The van der Waals surface area contributed by atoms with E-state index >= 15 is 4.57 Å². The summed E-state index contributed by atoms with van der Waals surface area (Å²) in [5.41, 5.74) is 10.1. The fourth-order valence-electron chi connectivity index (χ4n) is 8.78. The Morgan fingerprint density at radius 3 is 1.47 bits per heavy atom. The molecular formula is C50H31OPS. The van der Waals surface area contributed by atoms with E-state index in [4.69, 9.17) is 0 Å². The number of hydrogen-bond donors (Lipinski definition) is 0. The van der Waals surface area contributed by atoms with Gasteiger partial charge in [0, 0.05) is 36.1 Å². The van der Waals surface area contributed by atoms with Gasteiger partial charge in [0.1, 0.15) is 0 Å². The van der Waals surface area contributed by atoms with Crippen LogP contribution in [0.4, 0.5) is 0 Å². The van der Waals surface area contributed by atoms with E-state index in [1.807, 2.05) is 60.7 Å². The zero-order chi connectivity index (χ0) is 35.1. The average Bonchev–Trinajstić information content (AvgIpc) is 3.76. The third-order valence-corrected chi connectivity index (χ3v) is 15.3. The Hall–Kier alpha value is -6.05. The summed E-state index contributed by atoms with van der Waals surface area (Å²) in [6.07, 6.45) is 0. The monoisotopic (exact) mass is 710 g/mol. The molecule has 0 N–H and O–H groups in total. The van der Waals surface area contributed by atoms with Gasteiger partial charge in [-0.15, -0.1) is 11.3 Å². The van der Waals surface area contributed by atoms with E-state index in [-0.39, 0.29) is 0 Å². The highest BCUT2D eigenvalue weighted by Crippen LogP contribution is 2.58. The highest BCUT2D eigenvalue weighted by molar-refractivity contribution is 7.85. The molecule has 0 atom stereocenters. The van der Waals surface area contributed by atoms with E-state index in [9.17, 15) is 0 Å². The Kier molecular flexibility index (Phi) is 6.77. The van der Waals surface area contributed by atoms with Crippen LogP contribution in [0.15, 0.2) is 188 Å². The van der Waals surface area contributed by atoms with Gasteiger partial charge in [0.2, 0.25) is 0 Å². The molecule has 0 unspecified atom stereocenters. The van der Waals surface area contributed by atoms with Crippen molar-refractivity contribution in [3.63, 3.8) is 0 Å². The van der Waals surface area contributed by atoms with Crippen molar-refractivity contribution < 1.29 is 4.57 Å². The van der Waals surface area contributed by atoms with Gasteiger partial charge in [-0.2, -0.15) is 0 Å². The van der Waals surface area contributed by atoms with E-state index in [1.54, 1.807) is 11.3 Å². The van der Waals surface area contributed by atoms with Gasteiger partial charge < -0.3 is 4.57 Å². The van der Waals surface area contributed by atoms with Gasteiger partial charge in [-0.3, -0.25) is 0 Å². The van der Waals surface area contributed by atoms with Crippen LogP contribution >= 0.6 is 18.5 Å². The highest BCUT2D eigenvalue weighted by Gasteiger charge is 2.32. The van der Waals surface area contributed by atoms with Gasteiger partial charge in [-0.1, -0.05) is 158 Å². The lowest BCUT2D eigenvalue weighted by molar-refractivity contribution is 0.592. The zero-order valence-electron chi connectivity index (χ0n) is 28.7. The molecule has 0 saturated carbocycles. The fourth-order valence-corrected chi connectivity index (χ4v) is 12.5. The molecule has 1 nitrogen and oxygen atoms in total. The Morgan fingerprint density at radius 2 is 0.868 bits per heavy atom. The molecule has 0 bridgehead atoms. The molecule has 1 aromatic heterocycles. The van der Waals surface area contributed by atoms with E-state index < -0.39 is 7.14 Å². The van der Waals surface area contributed by atoms with Crippen molar-refractivity contribution in [2.75, 3.05) is 0 Å². The minimum absolute atomic E-state index is 0.847. The van der Waals surface area contributed by atoms with Crippen molar-refractivity contribution in [1.82, 2.24) is 0 Å². The van der Waals surface area contributed by atoms with Crippen molar-refractivity contribution in [3.05, 3.63) is 188 Å². The van der Waals surface area contributed by atoms with Crippen LogP contribution in [0.2, 0.25) is 0 Å². The van der Waals surface area contributed by atoms with Crippen LogP contribution in [0.25, 0.3) is 86.2 Å². The lowest BCUT2D eigenvalue weighted by Gasteiger charge is -2.21. The Morgan fingerprint density at radius 1 is 0.358 bits per heavy atom. The average molecular weight is 711 g/mol. The predicted octanol–water partition coefficient (Wildman–Crippen LogP) is 13.0. The molecule has 0 radical (unpaired) electrons. The Balaban J connectivity index is 1.21. The molecule has 11 rings (SSSR count). The molecular weight excluding hydrogens is 680 g/mol. The first-order chi connectivity index (χ1) is 26.2. The Bertz CT molecular complexity index is 3080. The SMILES string of the molecule is O=P(c1ccccc1)(c1ccccc1)c1ccc2sc3ccc(-c4c5c(c(-c6ccccc6)c6ccccc46)-c4cccc6cccc-5c46)cc3c2c1. The van der Waals surface area contributed by atoms with Crippen molar-refractivity contribution in [1.29, 1.82) is 0 Å². The zero-order valence-corrected chi connectivity index (χ0v) is 30.4. The van der Waals surface area contributed by atoms with Gasteiger partial charge in [0.25, 0.3) is 0 Å². The number of fused-ring (bicyclic) bond motifs is 7. The van der Waals surface area contributed by atoms with Crippen LogP contribution in [0, 0.1) is 0 Å². The first-order valence-corrected chi connectivity index (χ1v) is 20.6. The summed E-state index contributed by atoms with van der Waals surface area (Å²) < 4.78 is 17.9. The van der Waals surface area contributed by atoms with E-state index in [0.29, 0.717) is 0 Å². The summed E-state index contributed by atoms with van der Waals surface area (Å²) >= 11 is 1.80. The second-order valence-corrected chi connectivity index (χ2v) is 17.7. The molecule has 1 heterocycles. The number of benzene rings is 9. The highest BCUT2D eigenvalue weighted by atomic mass is 32.1. The normalized spacial score (nSPS) is 12.2. The van der Waals surface area contributed by atoms with Gasteiger partial charge in [-0.05, 0) is 96.4 Å². The fraction of sp³-hybridized carbons (Fsp3) is 0. The molecule has 53 heavy (non-hydrogen) atoms. The van der Waals surface area contributed by atoms with Crippen LogP contribution in [0.3, 0.4) is 0 Å². The maximum absolute atomic E-state index is 15.4. The lowest BCUT2D eigenvalue weighted by Crippen LogP contribution is -2.24. The van der Waals surface area contributed by atoms with Gasteiger partial charge in [0.05, 0.1) is 0 Å². The molecule has 0 amide bonds. The summed E-state index contributed by atoms with van der Waals surface area (Å²) in [6, 6.07) is 66.7. The first kappa shape index (κ1) is 30.6. The molecule has 3 heteroatoms. The minimum Gasteiger partial charge on any atom is -0.309 e. The van der Waals surface area contributed by atoms with Gasteiger partial charge in [0.15, 0.2) is 7.14 Å². The molecule has 248 valence electrons. The summed E-state index contributed by atoms with van der Waals surface area (Å²) in [7, 11) is -3.14. The molecule has 0 saturated heterocycles. The van der Waals surface area contributed by atoms with Gasteiger partial charge in [-0.25, -0.2) is 0 Å². The van der Waals surface area contributed by atoms with Crippen molar-refractivity contribution in [3.8, 4) is 44.5 Å². The van der Waals surface area contributed by atoms with Crippen molar-refractivity contribution in [2.45, 2.75) is 0 Å². The van der Waals surface area contributed by atoms with Crippen LogP contribution in [0.5, 0.6) is 0 Å². The van der Waals surface area contributed by atoms with Crippen LogP contribution in [-0.4, -0.2) is 0 Å². The summed E-state index contributed by atoms with van der Waals surface area (Å²) in [5.74, 6) is 0. The first-order valence-electron chi connectivity index (χ1n) is 18.0. The standard InChI is InChI=1S/C50H31OPS/c51-52(35-18-6-2-7-19-35,36-20-8-3-9-21-36)37-27-29-45-43(31-37)42-30-34(26-28-44(42)53-45)48-39-23-11-10-22-38(39)47(33-14-4-1-5-15-33)49-40-24-12-16-32-17-13-25-41(46(32)40)50(48)49/h1-31H. The van der Waals surface area contributed by atoms with Gasteiger partial charge >= 0.3 is 0 Å². The molecule has 9 aromatic carbocycles. The van der Waals surface area contributed by atoms with Crippen molar-refractivity contribution >= 4 is 76.1 Å². The number of hydrogen-bond acceptors (Lipinski definition) is 2. The Labute approximate surface area is 311 Å². The van der Waals surface area contributed by atoms with E-state index in [2.05, 4.69) is 127 Å². The van der Waals surface area contributed by atoms with Crippen molar-refractivity contribution in [2.24, 2.45) is 0 Å². The van der Waals surface area contributed by atoms with Crippen LogP contribution < -0.4 is 15.9 Å². The molecule has 1 aliphatic carbocycles. The number of rotatable bonds is 5. The summed E-state index contributed by atoms with van der Waals surface area (Å²) in [5, 5.41) is 9.96. The summed E-state index contributed by atoms with van der Waals surface area (Å²) in [6.45, 7) is 0. The molecule has 1 aliphatic rings. The smallest absolute Gasteiger partial charge is 0.171 e. The second kappa shape index (κ2) is 11.7. The molecule has 0 fully saturated rings. The van der Waals surface area contributed by atoms with Crippen LogP contribution in [0.1, 0.15) is 0 Å². The minimum atomic E-state index is -3.14. The second-order valence-electron chi connectivity index (χ2n) is 13.9. The quantitative estimate of drug-likeness (QED) is 0.163. The summed E-state index contributed by atoms with van der Waals surface area (Å²) in [4.78, 5) is 0. The third kappa shape index (κ3) is 4.47. The number of thiophene rings is 1. The van der Waals surface area contributed by atoms with Crippen LogP contribution in [-0.2, 0) is 4.57 Å². The maximum atomic E-state index is 15.4. The molecule has 0 spiro atoms. The topological polar surface area (TPSA) is 17.1 Å². The lowest BCUT2D eigenvalue weighted by atomic mass is 9.82. The molecule has 0 aliphatic heterocycles. The van der Waals surface area contributed by atoms with E-state index in [1.165, 1.54) is 80.8 Å². The maximum Gasteiger partial charge on any atom is 0.171 e. The third-order valence-electron chi connectivity index (χ3n) is 11.1. The largest absolute Gasteiger partial charge is 0.309 e.